The zero-order valence-corrected chi connectivity index (χ0v) is 8.11. The lowest BCUT2D eigenvalue weighted by atomic mass is 9.99. The number of alkyl halides is 3. The third-order valence-corrected chi connectivity index (χ3v) is 2.40. The van der Waals surface area contributed by atoms with E-state index >= 15 is 0 Å². The fourth-order valence-electron chi connectivity index (χ4n) is 1.52. The van der Waals surface area contributed by atoms with Gasteiger partial charge in [-0.3, -0.25) is 0 Å². The van der Waals surface area contributed by atoms with Crippen molar-refractivity contribution in [3.63, 3.8) is 0 Å². The Morgan fingerprint density at radius 2 is 1.69 bits per heavy atom. The number of hydrogen-bond donors (Lipinski definition) is 0. The second-order valence-electron chi connectivity index (χ2n) is 4.05. The molecule has 0 aromatic rings. The lowest BCUT2D eigenvalue weighted by Gasteiger charge is -2.34. The van der Waals surface area contributed by atoms with Crippen molar-refractivity contribution in [3.05, 3.63) is 0 Å². The molecular weight excluding hydrogens is 181 g/mol. The molecule has 1 fully saturated rings. The van der Waals surface area contributed by atoms with Crippen LogP contribution in [0.1, 0.15) is 33.6 Å². The Hall–Kier alpha value is -0.250. The fraction of sp³-hybridized carbons (Fsp3) is 1.00. The molecule has 0 aliphatic heterocycles. The standard InChI is InChI=1S/C9H15F3O/c1-6(2)13-8(3,7-4-5-7)9(10,11)12/h6-7H,4-5H2,1-3H3. The summed E-state index contributed by atoms with van der Waals surface area (Å²) in [6, 6.07) is 0. The first-order chi connectivity index (χ1) is 5.77. The van der Waals surface area contributed by atoms with Crippen molar-refractivity contribution >= 4 is 0 Å². The Morgan fingerprint density at radius 3 is 1.92 bits per heavy atom. The molecule has 1 atom stereocenters. The summed E-state index contributed by atoms with van der Waals surface area (Å²) in [6.45, 7) is 4.42. The molecule has 0 saturated heterocycles. The lowest BCUT2D eigenvalue weighted by molar-refractivity contribution is -0.288. The largest absolute Gasteiger partial charge is 0.417 e. The molecule has 1 aliphatic carbocycles. The van der Waals surface area contributed by atoms with Crippen LogP contribution in [0.25, 0.3) is 0 Å². The summed E-state index contributed by atoms with van der Waals surface area (Å²) in [5, 5.41) is 0. The van der Waals surface area contributed by atoms with Crippen molar-refractivity contribution in [1.82, 2.24) is 0 Å². The maximum Gasteiger partial charge on any atom is 0.417 e. The van der Waals surface area contributed by atoms with E-state index in [4.69, 9.17) is 4.74 Å². The highest BCUT2D eigenvalue weighted by Crippen LogP contribution is 2.50. The molecule has 1 nitrogen and oxygen atoms in total. The first kappa shape index (κ1) is 10.8. The minimum Gasteiger partial charge on any atom is -0.363 e. The Bertz CT molecular complexity index is 184. The molecule has 13 heavy (non-hydrogen) atoms. The predicted molar refractivity (Wildman–Crippen MR) is 43.4 cm³/mol. The second-order valence-corrected chi connectivity index (χ2v) is 4.05. The molecule has 0 bridgehead atoms. The van der Waals surface area contributed by atoms with E-state index < -0.39 is 11.8 Å². The topological polar surface area (TPSA) is 9.23 Å². The zero-order chi connectivity index (χ0) is 10.3. The molecule has 4 heteroatoms. The Morgan fingerprint density at radius 1 is 1.23 bits per heavy atom. The first-order valence-corrected chi connectivity index (χ1v) is 4.52. The lowest BCUT2D eigenvalue weighted by Crippen LogP contribution is -2.48. The average molecular weight is 196 g/mol. The predicted octanol–water partition coefficient (Wildman–Crippen LogP) is 3.14. The minimum atomic E-state index is -4.25. The van der Waals surface area contributed by atoms with Gasteiger partial charge in [0.15, 0.2) is 5.60 Å². The van der Waals surface area contributed by atoms with Crippen LogP contribution in [0.4, 0.5) is 13.2 Å². The molecule has 1 saturated carbocycles. The van der Waals surface area contributed by atoms with Gasteiger partial charge in [0.1, 0.15) is 0 Å². The van der Waals surface area contributed by atoms with E-state index in [0.29, 0.717) is 12.8 Å². The van der Waals surface area contributed by atoms with E-state index in [9.17, 15) is 13.2 Å². The molecule has 1 aliphatic rings. The van der Waals surface area contributed by atoms with Crippen LogP contribution in [0, 0.1) is 5.92 Å². The summed E-state index contributed by atoms with van der Waals surface area (Å²) in [6.07, 6.45) is -3.38. The van der Waals surface area contributed by atoms with Crippen LogP contribution in [-0.2, 0) is 4.74 Å². The SMILES string of the molecule is CC(C)OC(C)(C1CC1)C(F)(F)F. The molecule has 1 unspecified atom stereocenters. The summed E-state index contributed by atoms with van der Waals surface area (Å²) in [4.78, 5) is 0. The van der Waals surface area contributed by atoms with Crippen LogP contribution in [0.3, 0.4) is 0 Å². The smallest absolute Gasteiger partial charge is 0.363 e. The van der Waals surface area contributed by atoms with Crippen molar-refractivity contribution in [2.24, 2.45) is 5.92 Å². The molecule has 1 rings (SSSR count). The van der Waals surface area contributed by atoms with Gasteiger partial charge in [0.2, 0.25) is 0 Å². The van der Waals surface area contributed by atoms with Gasteiger partial charge in [0.25, 0.3) is 0 Å². The number of ether oxygens (including phenoxy) is 1. The van der Waals surface area contributed by atoms with Gasteiger partial charge in [-0.15, -0.1) is 0 Å². The van der Waals surface area contributed by atoms with Crippen LogP contribution in [-0.4, -0.2) is 17.9 Å². The van der Waals surface area contributed by atoms with Gasteiger partial charge in [-0.25, -0.2) is 0 Å². The van der Waals surface area contributed by atoms with Crippen LogP contribution in [0.2, 0.25) is 0 Å². The van der Waals surface area contributed by atoms with E-state index in [-0.39, 0.29) is 12.0 Å². The molecule has 0 N–H and O–H groups in total. The van der Waals surface area contributed by atoms with Gasteiger partial charge in [-0.1, -0.05) is 0 Å². The number of halogens is 3. The Kier molecular flexibility index (Phi) is 2.63. The van der Waals surface area contributed by atoms with E-state index in [0.717, 1.165) is 6.92 Å². The molecule has 0 amide bonds. The van der Waals surface area contributed by atoms with Gasteiger partial charge < -0.3 is 4.74 Å². The highest BCUT2D eigenvalue weighted by Gasteiger charge is 2.60. The van der Waals surface area contributed by atoms with E-state index in [1.165, 1.54) is 0 Å². The fourth-order valence-corrected chi connectivity index (χ4v) is 1.52. The molecular formula is C9H15F3O. The molecule has 0 radical (unpaired) electrons. The van der Waals surface area contributed by atoms with Crippen LogP contribution in [0.5, 0.6) is 0 Å². The average Bonchev–Trinajstić information content (AvgIpc) is 2.62. The Labute approximate surface area is 76.3 Å². The van der Waals surface area contributed by atoms with Gasteiger partial charge in [0.05, 0.1) is 6.10 Å². The summed E-state index contributed by atoms with van der Waals surface area (Å²) >= 11 is 0. The molecule has 0 heterocycles. The van der Waals surface area contributed by atoms with Crippen molar-refractivity contribution in [3.8, 4) is 0 Å². The van der Waals surface area contributed by atoms with Gasteiger partial charge in [-0.2, -0.15) is 13.2 Å². The van der Waals surface area contributed by atoms with E-state index in [1.54, 1.807) is 13.8 Å². The van der Waals surface area contributed by atoms with Crippen molar-refractivity contribution in [2.75, 3.05) is 0 Å². The minimum absolute atomic E-state index is 0.338. The highest BCUT2D eigenvalue weighted by atomic mass is 19.4. The van der Waals surface area contributed by atoms with E-state index in [1.807, 2.05) is 0 Å². The normalized spacial score (nSPS) is 23.3. The summed E-state index contributed by atoms with van der Waals surface area (Å²) in [5.74, 6) is -0.338. The Balaban J connectivity index is 2.74. The van der Waals surface area contributed by atoms with Gasteiger partial charge in [0, 0.05) is 0 Å². The summed E-state index contributed by atoms with van der Waals surface area (Å²) in [7, 11) is 0. The molecule has 0 aromatic carbocycles. The quantitative estimate of drug-likeness (QED) is 0.673. The number of rotatable bonds is 3. The third-order valence-electron chi connectivity index (χ3n) is 2.40. The van der Waals surface area contributed by atoms with Crippen LogP contribution < -0.4 is 0 Å². The molecule has 78 valence electrons. The first-order valence-electron chi connectivity index (χ1n) is 4.52. The van der Waals surface area contributed by atoms with E-state index in [2.05, 4.69) is 0 Å². The summed E-state index contributed by atoms with van der Waals surface area (Å²) < 4.78 is 42.9. The van der Waals surface area contributed by atoms with Gasteiger partial charge in [-0.05, 0) is 39.5 Å². The highest BCUT2D eigenvalue weighted by molar-refractivity contribution is 4.98. The zero-order valence-electron chi connectivity index (χ0n) is 8.11. The van der Waals surface area contributed by atoms with Crippen LogP contribution >= 0.6 is 0 Å². The van der Waals surface area contributed by atoms with Crippen molar-refractivity contribution in [1.29, 1.82) is 0 Å². The third kappa shape index (κ3) is 2.16. The number of hydrogen-bond acceptors (Lipinski definition) is 1. The molecule has 0 spiro atoms. The molecule has 0 aromatic heterocycles. The van der Waals surface area contributed by atoms with Crippen molar-refractivity contribution in [2.45, 2.75) is 51.5 Å². The van der Waals surface area contributed by atoms with Crippen LogP contribution in [0.15, 0.2) is 0 Å². The summed E-state index contributed by atoms with van der Waals surface area (Å²) in [5.41, 5.74) is -1.93. The monoisotopic (exact) mass is 196 g/mol. The van der Waals surface area contributed by atoms with Crippen molar-refractivity contribution < 1.29 is 17.9 Å². The maximum atomic E-state index is 12.6. The second kappa shape index (κ2) is 3.15. The maximum absolute atomic E-state index is 12.6. The van der Waals surface area contributed by atoms with Gasteiger partial charge >= 0.3 is 6.18 Å².